The van der Waals surface area contributed by atoms with E-state index >= 15 is 0 Å². The van der Waals surface area contributed by atoms with Gasteiger partial charge in [0.25, 0.3) is 10.0 Å². The zero-order valence-electron chi connectivity index (χ0n) is 26.2. The van der Waals surface area contributed by atoms with Gasteiger partial charge in [-0.15, -0.1) is 0 Å². The van der Waals surface area contributed by atoms with Gasteiger partial charge in [0.1, 0.15) is 24.1 Å². The lowest BCUT2D eigenvalue weighted by Gasteiger charge is -2.34. The first-order valence-corrected chi connectivity index (χ1v) is 16.5. The summed E-state index contributed by atoms with van der Waals surface area (Å²) in [6, 6.07) is 27.6. The third-order valence-corrected chi connectivity index (χ3v) is 9.23. The van der Waals surface area contributed by atoms with Crippen molar-refractivity contribution >= 4 is 39.1 Å². The number of benzene rings is 4. The van der Waals surface area contributed by atoms with Gasteiger partial charge in [-0.2, -0.15) is 0 Å². The van der Waals surface area contributed by atoms with E-state index in [-0.39, 0.29) is 35.5 Å². The molecule has 46 heavy (non-hydrogen) atoms. The molecule has 0 radical (unpaired) electrons. The first kappa shape index (κ1) is 34.3. The molecule has 0 unspecified atom stereocenters. The predicted octanol–water partition coefficient (Wildman–Crippen LogP) is 5.72. The van der Waals surface area contributed by atoms with E-state index in [4.69, 9.17) is 21.1 Å². The molecule has 2 amide bonds. The quantitative estimate of drug-likeness (QED) is 0.185. The van der Waals surface area contributed by atoms with Crippen LogP contribution in [0.3, 0.4) is 0 Å². The number of sulfonamides is 1. The van der Waals surface area contributed by atoms with Crippen LogP contribution in [0.15, 0.2) is 108 Å². The summed E-state index contributed by atoms with van der Waals surface area (Å²) in [6.07, 6.45) is 0.206. The molecule has 11 heteroatoms. The van der Waals surface area contributed by atoms with Crippen LogP contribution in [-0.2, 0) is 32.6 Å². The molecule has 9 nitrogen and oxygen atoms in total. The first-order chi connectivity index (χ1) is 22.0. The maximum atomic E-state index is 14.5. The molecule has 0 spiro atoms. The maximum Gasteiger partial charge on any atom is 0.264 e. The minimum absolute atomic E-state index is 0.0189. The van der Waals surface area contributed by atoms with Crippen LogP contribution in [0.5, 0.6) is 11.5 Å². The summed E-state index contributed by atoms with van der Waals surface area (Å²) < 4.78 is 39.9. The number of hydrogen-bond donors (Lipinski definition) is 1. The second kappa shape index (κ2) is 15.6. The molecule has 0 aliphatic rings. The van der Waals surface area contributed by atoms with Gasteiger partial charge in [-0.1, -0.05) is 60.1 Å². The van der Waals surface area contributed by atoms with Crippen LogP contribution >= 0.6 is 11.6 Å². The summed E-state index contributed by atoms with van der Waals surface area (Å²) in [5, 5.41) is 3.25. The average Bonchev–Trinajstić information content (AvgIpc) is 3.05. The highest BCUT2D eigenvalue weighted by atomic mass is 35.5. The fourth-order valence-electron chi connectivity index (χ4n) is 4.94. The number of ether oxygens (including phenoxy) is 2. The van der Waals surface area contributed by atoms with Crippen LogP contribution in [0.4, 0.5) is 5.69 Å². The summed E-state index contributed by atoms with van der Waals surface area (Å²) in [4.78, 5) is 29.7. The van der Waals surface area contributed by atoms with Crippen molar-refractivity contribution in [1.29, 1.82) is 0 Å². The largest absolute Gasteiger partial charge is 0.497 e. The van der Waals surface area contributed by atoms with E-state index in [0.717, 1.165) is 9.87 Å². The van der Waals surface area contributed by atoms with Gasteiger partial charge in [-0.25, -0.2) is 8.42 Å². The molecule has 0 aromatic heterocycles. The van der Waals surface area contributed by atoms with Crippen molar-refractivity contribution in [2.45, 2.75) is 43.8 Å². The van der Waals surface area contributed by atoms with Crippen molar-refractivity contribution in [1.82, 2.24) is 10.2 Å². The van der Waals surface area contributed by atoms with E-state index in [0.29, 0.717) is 22.1 Å². The highest BCUT2D eigenvalue weighted by molar-refractivity contribution is 7.92. The van der Waals surface area contributed by atoms with E-state index in [1.807, 2.05) is 50.2 Å². The SMILES string of the molecule is COc1ccc(S(=O)(=O)N(CC(=O)N(Cc2cccc(OC)c2)[C@@H](Cc2ccccc2)C(=O)NC(C)C)c2cccc(Cl)c2)cc1. The summed E-state index contributed by atoms with van der Waals surface area (Å²) in [6.45, 7) is 3.10. The van der Waals surface area contributed by atoms with Crippen LogP contribution in [0, 0.1) is 0 Å². The van der Waals surface area contributed by atoms with Gasteiger partial charge in [0, 0.05) is 24.0 Å². The van der Waals surface area contributed by atoms with Gasteiger partial charge in [-0.3, -0.25) is 13.9 Å². The number of anilines is 1. The van der Waals surface area contributed by atoms with Crippen molar-refractivity contribution in [3.05, 3.63) is 119 Å². The molecule has 0 saturated carbocycles. The van der Waals surface area contributed by atoms with Crippen LogP contribution < -0.4 is 19.1 Å². The lowest BCUT2D eigenvalue weighted by Crippen LogP contribution is -2.54. The van der Waals surface area contributed by atoms with Gasteiger partial charge >= 0.3 is 0 Å². The molecule has 4 rings (SSSR count). The number of hydrogen-bond acceptors (Lipinski definition) is 6. The Labute approximate surface area is 275 Å². The van der Waals surface area contributed by atoms with E-state index in [2.05, 4.69) is 5.32 Å². The van der Waals surface area contributed by atoms with Crippen LogP contribution in [0.2, 0.25) is 5.02 Å². The average molecular weight is 664 g/mol. The van der Waals surface area contributed by atoms with Gasteiger partial charge in [-0.05, 0) is 79.6 Å². The lowest BCUT2D eigenvalue weighted by molar-refractivity contribution is -0.140. The number of carbonyl (C=O) groups excluding carboxylic acids is 2. The number of carbonyl (C=O) groups is 2. The number of halogens is 1. The second-order valence-corrected chi connectivity index (χ2v) is 13.2. The number of nitrogens with one attached hydrogen (secondary N) is 1. The van der Waals surface area contributed by atoms with Gasteiger partial charge in [0.05, 0.1) is 24.8 Å². The van der Waals surface area contributed by atoms with E-state index < -0.39 is 28.5 Å². The van der Waals surface area contributed by atoms with Crippen molar-refractivity contribution in [2.24, 2.45) is 0 Å². The third kappa shape index (κ3) is 8.80. The van der Waals surface area contributed by atoms with Crippen LogP contribution in [0.1, 0.15) is 25.0 Å². The van der Waals surface area contributed by atoms with E-state index in [1.165, 1.54) is 42.3 Å². The summed E-state index contributed by atoms with van der Waals surface area (Å²) in [5.41, 5.74) is 1.74. The molecule has 0 bridgehead atoms. The monoisotopic (exact) mass is 663 g/mol. The molecular weight excluding hydrogens is 626 g/mol. The Bertz CT molecular complexity index is 1730. The third-order valence-electron chi connectivity index (χ3n) is 7.21. The Hall–Kier alpha value is -4.54. The van der Waals surface area contributed by atoms with Crippen molar-refractivity contribution in [3.63, 3.8) is 0 Å². The Kier molecular flexibility index (Phi) is 11.7. The Balaban J connectivity index is 1.81. The summed E-state index contributed by atoms with van der Waals surface area (Å²) in [7, 11) is -1.25. The minimum atomic E-state index is -4.28. The van der Waals surface area contributed by atoms with Crippen LogP contribution in [-0.4, -0.2) is 58.0 Å². The molecule has 4 aromatic rings. The predicted molar refractivity (Wildman–Crippen MR) is 180 cm³/mol. The summed E-state index contributed by atoms with van der Waals surface area (Å²) in [5.74, 6) is 0.120. The fraction of sp³-hybridized carbons (Fsp3) is 0.257. The zero-order valence-corrected chi connectivity index (χ0v) is 27.8. The molecular formula is C35H38ClN3O6S. The molecule has 1 atom stereocenters. The van der Waals surface area contributed by atoms with Gasteiger partial charge < -0.3 is 19.7 Å². The first-order valence-electron chi connectivity index (χ1n) is 14.7. The Morgan fingerprint density at radius 1 is 0.804 bits per heavy atom. The molecule has 0 aliphatic heterocycles. The number of nitrogens with zero attached hydrogens (tertiary/aromatic N) is 2. The Morgan fingerprint density at radius 3 is 2.09 bits per heavy atom. The highest BCUT2D eigenvalue weighted by Crippen LogP contribution is 2.28. The normalized spacial score (nSPS) is 11.9. The van der Waals surface area contributed by atoms with Gasteiger partial charge in [0.2, 0.25) is 11.8 Å². The standard InChI is InChI=1S/C35H38ClN3O6S/c1-25(2)37-35(41)33(21-26-10-6-5-7-11-26)38(23-27-12-8-15-31(20-27)45-4)34(40)24-39(29-14-9-13-28(36)22-29)46(42,43)32-18-16-30(44-3)17-19-32/h5-20,22,25,33H,21,23-24H2,1-4H3,(H,37,41)/t33-/m0/s1. The molecule has 0 fully saturated rings. The Morgan fingerprint density at radius 2 is 1.46 bits per heavy atom. The molecule has 0 aliphatic carbocycles. The topological polar surface area (TPSA) is 105 Å². The van der Waals surface area contributed by atoms with Crippen molar-refractivity contribution in [3.8, 4) is 11.5 Å². The highest BCUT2D eigenvalue weighted by Gasteiger charge is 2.35. The fourth-order valence-corrected chi connectivity index (χ4v) is 6.53. The van der Waals surface area contributed by atoms with Crippen LogP contribution in [0.25, 0.3) is 0 Å². The summed E-state index contributed by atoms with van der Waals surface area (Å²) >= 11 is 6.29. The minimum Gasteiger partial charge on any atom is -0.497 e. The van der Waals surface area contributed by atoms with Crippen molar-refractivity contribution < 1.29 is 27.5 Å². The smallest absolute Gasteiger partial charge is 0.264 e. The molecule has 0 saturated heterocycles. The molecule has 0 heterocycles. The molecule has 242 valence electrons. The zero-order chi connectivity index (χ0) is 33.3. The van der Waals surface area contributed by atoms with Crippen molar-refractivity contribution in [2.75, 3.05) is 25.1 Å². The molecule has 4 aromatic carbocycles. The number of amides is 2. The lowest BCUT2D eigenvalue weighted by atomic mass is 10.0. The second-order valence-electron chi connectivity index (χ2n) is 10.9. The number of rotatable bonds is 14. The molecule has 1 N–H and O–H groups in total. The van der Waals surface area contributed by atoms with E-state index in [9.17, 15) is 18.0 Å². The van der Waals surface area contributed by atoms with E-state index in [1.54, 1.807) is 43.5 Å². The van der Waals surface area contributed by atoms with Gasteiger partial charge in [0.15, 0.2) is 0 Å². The maximum absolute atomic E-state index is 14.5. The number of methoxy groups -OCH3 is 2.